The lowest BCUT2D eigenvalue weighted by molar-refractivity contribution is -0.134. The zero-order valence-electron chi connectivity index (χ0n) is 11.4. The van der Waals surface area contributed by atoms with Crippen molar-refractivity contribution in [2.45, 2.75) is 70.1 Å². The highest BCUT2D eigenvalue weighted by molar-refractivity contribution is 5.81. The second-order valence-electron chi connectivity index (χ2n) is 5.73. The maximum absolute atomic E-state index is 12.3. The van der Waals surface area contributed by atoms with Crippen LogP contribution >= 0.6 is 0 Å². The van der Waals surface area contributed by atoms with Crippen molar-refractivity contribution in [2.75, 3.05) is 13.1 Å². The minimum Gasteiger partial charge on any atom is -0.392 e. The largest absolute Gasteiger partial charge is 0.392 e. The Bertz CT molecular complexity index is 277. The molecule has 0 spiro atoms. The standard InChI is InChI=1S/C14H26N2O2/c1-11(14(18)16-9-5-2-6-10-16)15-12-7-3-4-8-13(12)17/h11-13,15,17H,2-10H2,1H3/t11?,12-,13-/m1/s1. The molecule has 4 heteroatoms. The molecule has 2 fully saturated rings. The Morgan fingerprint density at radius 3 is 2.50 bits per heavy atom. The number of rotatable bonds is 3. The number of carbonyl (C=O) groups is 1. The van der Waals surface area contributed by atoms with Gasteiger partial charge in [-0.25, -0.2) is 0 Å². The molecule has 1 saturated carbocycles. The molecule has 2 aliphatic rings. The van der Waals surface area contributed by atoms with Gasteiger partial charge in [0.2, 0.25) is 5.91 Å². The van der Waals surface area contributed by atoms with E-state index in [1.54, 1.807) is 0 Å². The van der Waals surface area contributed by atoms with Crippen molar-refractivity contribution >= 4 is 5.91 Å². The number of hydrogen-bond donors (Lipinski definition) is 2. The number of likely N-dealkylation sites (tertiary alicyclic amines) is 1. The van der Waals surface area contributed by atoms with Crippen molar-refractivity contribution in [3.63, 3.8) is 0 Å². The summed E-state index contributed by atoms with van der Waals surface area (Å²) < 4.78 is 0. The molecule has 0 bridgehead atoms. The third kappa shape index (κ3) is 3.45. The number of piperidine rings is 1. The molecular formula is C14H26N2O2. The summed E-state index contributed by atoms with van der Waals surface area (Å²) in [5.74, 6) is 0.201. The van der Waals surface area contributed by atoms with Crippen molar-refractivity contribution in [3.05, 3.63) is 0 Å². The molecule has 1 saturated heterocycles. The number of carbonyl (C=O) groups excluding carboxylic acids is 1. The van der Waals surface area contributed by atoms with Crippen LogP contribution in [0.1, 0.15) is 51.9 Å². The van der Waals surface area contributed by atoms with Crippen LogP contribution in [0.5, 0.6) is 0 Å². The number of nitrogens with one attached hydrogen (secondary N) is 1. The van der Waals surface area contributed by atoms with Crippen LogP contribution in [0.2, 0.25) is 0 Å². The second-order valence-corrected chi connectivity index (χ2v) is 5.73. The fourth-order valence-corrected chi connectivity index (χ4v) is 3.09. The Balaban J connectivity index is 1.82. The van der Waals surface area contributed by atoms with Gasteiger partial charge >= 0.3 is 0 Å². The molecule has 2 rings (SSSR count). The quantitative estimate of drug-likeness (QED) is 0.798. The minimum atomic E-state index is -0.282. The van der Waals surface area contributed by atoms with Crippen molar-refractivity contribution in [3.8, 4) is 0 Å². The van der Waals surface area contributed by atoms with Crippen LogP contribution in [-0.4, -0.2) is 47.2 Å². The molecule has 3 atom stereocenters. The Kier molecular flexibility index (Phi) is 5.01. The van der Waals surface area contributed by atoms with Gasteiger partial charge in [0, 0.05) is 19.1 Å². The van der Waals surface area contributed by atoms with E-state index in [1.807, 2.05) is 11.8 Å². The molecule has 0 aromatic carbocycles. The van der Waals surface area contributed by atoms with E-state index in [2.05, 4.69) is 5.32 Å². The van der Waals surface area contributed by atoms with E-state index in [1.165, 1.54) is 6.42 Å². The molecule has 2 N–H and O–H groups in total. The highest BCUT2D eigenvalue weighted by atomic mass is 16.3. The van der Waals surface area contributed by atoms with Crippen molar-refractivity contribution in [1.29, 1.82) is 0 Å². The summed E-state index contributed by atoms with van der Waals surface area (Å²) >= 11 is 0. The van der Waals surface area contributed by atoms with Crippen LogP contribution in [0.3, 0.4) is 0 Å². The van der Waals surface area contributed by atoms with Gasteiger partial charge in [0.05, 0.1) is 12.1 Å². The lowest BCUT2D eigenvalue weighted by Crippen LogP contribution is -2.53. The molecule has 18 heavy (non-hydrogen) atoms. The van der Waals surface area contributed by atoms with Crippen LogP contribution in [-0.2, 0) is 4.79 Å². The third-order valence-corrected chi connectivity index (χ3v) is 4.23. The molecular weight excluding hydrogens is 228 g/mol. The Labute approximate surface area is 110 Å². The third-order valence-electron chi connectivity index (χ3n) is 4.23. The van der Waals surface area contributed by atoms with Crippen LogP contribution in [0.4, 0.5) is 0 Å². The highest BCUT2D eigenvalue weighted by Crippen LogP contribution is 2.19. The second kappa shape index (κ2) is 6.53. The van der Waals surface area contributed by atoms with Gasteiger partial charge in [-0.05, 0) is 39.0 Å². The van der Waals surface area contributed by atoms with Crippen LogP contribution in [0.25, 0.3) is 0 Å². The molecule has 4 nitrogen and oxygen atoms in total. The summed E-state index contributed by atoms with van der Waals surface area (Å²) in [7, 11) is 0. The topological polar surface area (TPSA) is 52.6 Å². The van der Waals surface area contributed by atoms with Gasteiger partial charge in [-0.2, -0.15) is 0 Å². The fourth-order valence-electron chi connectivity index (χ4n) is 3.09. The first kappa shape index (κ1) is 13.8. The molecule has 0 aromatic heterocycles. The van der Waals surface area contributed by atoms with Gasteiger partial charge < -0.3 is 15.3 Å². The van der Waals surface area contributed by atoms with E-state index in [9.17, 15) is 9.90 Å². The predicted octanol–water partition coefficient (Wildman–Crippen LogP) is 1.28. The van der Waals surface area contributed by atoms with Gasteiger partial charge in [0.15, 0.2) is 0 Å². The number of aliphatic hydroxyl groups excluding tert-OH is 1. The maximum Gasteiger partial charge on any atom is 0.239 e. The van der Waals surface area contributed by atoms with E-state index in [-0.39, 0.29) is 24.1 Å². The highest BCUT2D eigenvalue weighted by Gasteiger charge is 2.28. The van der Waals surface area contributed by atoms with E-state index in [0.717, 1.165) is 51.6 Å². The molecule has 0 radical (unpaired) electrons. The Morgan fingerprint density at radius 1 is 1.17 bits per heavy atom. The van der Waals surface area contributed by atoms with Crippen molar-refractivity contribution in [1.82, 2.24) is 10.2 Å². The SMILES string of the molecule is CC(N[C@@H]1CCCC[C@H]1O)C(=O)N1CCCCC1. The molecule has 1 heterocycles. The first-order chi connectivity index (χ1) is 8.68. The number of aliphatic hydroxyl groups is 1. The predicted molar refractivity (Wildman–Crippen MR) is 71.3 cm³/mol. The van der Waals surface area contributed by atoms with Crippen LogP contribution in [0, 0.1) is 0 Å². The fraction of sp³-hybridized carbons (Fsp3) is 0.929. The summed E-state index contributed by atoms with van der Waals surface area (Å²) in [6.45, 7) is 3.73. The van der Waals surface area contributed by atoms with Crippen molar-refractivity contribution < 1.29 is 9.90 Å². The molecule has 0 aromatic rings. The average molecular weight is 254 g/mol. The first-order valence-corrected chi connectivity index (χ1v) is 7.41. The van der Waals surface area contributed by atoms with Gasteiger partial charge in [0.1, 0.15) is 0 Å². The Hall–Kier alpha value is -0.610. The maximum atomic E-state index is 12.3. The van der Waals surface area contributed by atoms with Gasteiger partial charge in [-0.15, -0.1) is 0 Å². The normalized spacial score (nSPS) is 31.1. The van der Waals surface area contributed by atoms with Gasteiger partial charge in [-0.3, -0.25) is 4.79 Å². The van der Waals surface area contributed by atoms with Crippen LogP contribution in [0.15, 0.2) is 0 Å². The van der Waals surface area contributed by atoms with E-state index in [0.29, 0.717) is 0 Å². The molecule has 1 amide bonds. The van der Waals surface area contributed by atoms with Gasteiger partial charge in [0.25, 0.3) is 0 Å². The summed E-state index contributed by atoms with van der Waals surface area (Å²) in [6.07, 6.45) is 7.33. The first-order valence-electron chi connectivity index (χ1n) is 7.41. The molecule has 104 valence electrons. The molecule has 1 aliphatic heterocycles. The van der Waals surface area contributed by atoms with Gasteiger partial charge in [-0.1, -0.05) is 12.8 Å². The average Bonchev–Trinajstić information content (AvgIpc) is 2.41. The zero-order chi connectivity index (χ0) is 13.0. The summed E-state index contributed by atoms with van der Waals surface area (Å²) in [5, 5.41) is 13.2. The number of nitrogens with zero attached hydrogens (tertiary/aromatic N) is 1. The molecule has 1 unspecified atom stereocenters. The van der Waals surface area contributed by atoms with E-state index < -0.39 is 0 Å². The smallest absolute Gasteiger partial charge is 0.239 e. The summed E-state index contributed by atoms with van der Waals surface area (Å²) in [4.78, 5) is 14.2. The van der Waals surface area contributed by atoms with E-state index >= 15 is 0 Å². The minimum absolute atomic E-state index is 0.0995. The summed E-state index contributed by atoms with van der Waals surface area (Å²) in [5.41, 5.74) is 0. The number of hydrogen-bond acceptors (Lipinski definition) is 3. The Morgan fingerprint density at radius 2 is 1.83 bits per heavy atom. The van der Waals surface area contributed by atoms with Crippen molar-refractivity contribution in [2.24, 2.45) is 0 Å². The molecule has 1 aliphatic carbocycles. The zero-order valence-corrected chi connectivity index (χ0v) is 11.4. The van der Waals surface area contributed by atoms with Crippen LogP contribution < -0.4 is 5.32 Å². The van der Waals surface area contributed by atoms with E-state index in [4.69, 9.17) is 0 Å². The monoisotopic (exact) mass is 254 g/mol. The lowest BCUT2D eigenvalue weighted by Gasteiger charge is -2.34. The lowest BCUT2D eigenvalue weighted by atomic mass is 9.92. The summed E-state index contributed by atoms with van der Waals surface area (Å²) in [6, 6.07) is -0.0664. The number of amides is 1.